The molecule has 0 saturated carbocycles. The highest BCUT2D eigenvalue weighted by Crippen LogP contribution is 2.21. The zero-order valence-electron chi connectivity index (χ0n) is 16.4. The molecule has 1 amide bonds. The van der Waals surface area contributed by atoms with Crippen molar-refractivity contribution in [2.24, 2.45) is 0 Å². The van der Waals surface area contributed by atoms with Crippen LogP contribution < -0.4 is 15.0 Å². The van der Waals surface area contributed by atoms with Gasteiger partial charge in [-0.15, -0.1) is 0 Å². The van der Waals surface area contributed by atoms with Gasteiger partial charge in [-0.3, -0.25) is 4.79 Å². The summed E-state index contributed by atoms with van der Waals surface area (Å²) in [6.07, 6.45) is 1.80. The van der Waals surface area contributed by atoms with Crippen molar-refractivity contribution in [3.8, 4) is 5.75 Å². The molecular weight excluding hydrogens is 350 g/mol. The average molecular weight is 375 g/mol. The van der Waals surface area contributed by atoms with E-state index in [2.05, 4.69) is 41.2 Å². The molecule has 1 aromatic heterocycles. The van der Waals surface area contributed by atoms with E-state index < -0.39 is 0 Å². The molecular formula is C23H25N3O2. The fraction of sp³-hybridized carbons (Fsp3) is 0.217. The third kappa shape index (κ3) is 4.88. The quantitative estimate of drug-likeness (QED) is 0.647. The second-order valence-electron chi connectivity index (χ2n) is 6.79. The molecule has 0 bridgehead atoms. The SMILES string of the molecule is COc1ccc(C(=O)Nc2ccc(N(Cc3ccccc3)C(C)C)cn2)cc1. The van der Waals surface area contributed by atoms with Crippen molar-refractivity contribution in [2.75, 3.05) is 17.3 Å². The van der Waals surface area contributed by atoms with Crippen molar-refractivity contribution < 1.29 is 9.53 Å². The van der Waals surface area contributed by atoms with Crippen LogP contribution in [0.2, 0.25) is 0 Å². The van der Waals surface area contributed by atoms with Crippen LogP contribution in [0.4, 0.5) is 11.5 Å². The lowest BCUT2D eigenvalue weighted by atomic mass is 10.1. The average Bonchev–Trinajstić information content (AvgIpc) is 2.73. The summed E-state index contributed by atoms with van der Waals surface area (Å²) >= 11 is 0. The third-order valence-electron chi connectivity index (χ3n) is 4.49. The molecule has 1 heterocycles. The summed E-state index contributed by atoms with van der Waals surface area (Å²) in [7, 11) is 1.60. The molecule has 0 aliphatic rings. The minimum atomic E-state index is -0.201. The first-order chi connectivity index (χ1) is 13.6. The van der Waals surface area contributed by atoms with E-state index in [1.165, 1.54) is 5.56 Å². The number of ether oxygens (including phenoxy) is 1. The Kier molecular flexibility index (Phi) is 6.27. The van der Waals surface area contributed by atoms with Gasteiger partial charge in [-0.25, -0.2) is 4.98 Å². The van der Waals surface area contributed by atoms with Gasteiger partial charge in [0.1, 0.15) is 11.6 Å². The lowest BCUT2D eigenvalue weighted by Gasteiger charge is -2.29. The van der Waals surface area contributed by atoms with Gasteiger partial charge in [0, 0.05) is 18.2 Å². The predicted molar refractivity (Wildman–Crippen MR) is 113 cm³/mol. The van der Waals surface area contributed by atoms with Gasteiger partial charge in [-0.05, 0) is 55.8 Å². The second-order valence-corrected chi connectivity index (χ2v) is 6.79. The highest BCUT2D eigenvalue weighted by molar-refractivity contribution is 6.03. The van der Waals surface area contributed by atoms with Crippen molar-refractivity contribution in [3.63, 3.8) is 0 Å². The number of nitrogens with zero attached hydrogens (tertiary/aromatic N) is 2. The largest absolute Gasteiger partial charge is 0.497 e. The fourth-order valence-corrected chi connectivity index (χ4v) is 2.91. The molecule has 0 fully saturated rings. The number of nitrogens with one attached hydrogen (secondary N) is 1. The highest BCUT2D eigenvalue weighted by Gasteiger charge is 2.13. The summed E-state index contributed by atoms with van der Waals surface area (Å²) in [5.74, 6) is 1.03. The summed E-state index contributed by atoms with van der Waals surface area (Å²) in [6.45, 7) is 5.11. The number of amides is 1. The Bertz CT molecular complexity index is 891. The Labute approximate surface area is 166 Å². The molecule has 0 saturated heterocycles. The zero-order chi connectivity index (χ0) is 19.9. The molecule has 0 radical (unpaired) electrons. The number of carbonyl (C=O) groups excluding carboxylic acids is 1. The number of hydrogen-bond acceptors (Lipinski definition) is 4. The third-order valence-corrected chi connectivity index (χ3v) is 4.49. The minimum absolute atomic E-state index is 0.201. The molecule has 3 rings (SSSR count). The van der Waals surface area contributed by atoms with Crippen LogP contribution in [0.1, 0.15) is 29.8 Å². The zero-order valence-corrected chi connectivity index (χ0v) is 16.4. The second kappa shape index (κ2) is 9.04. The van der Waals surface area contributed by atoms with Crippen molar-refractivity contribution in [2.45, 2.75) is 26.4 Å². The molecule has 0 aliphatic carbocycles. The van der Waals surface area contributed by atoms with Crippen molar-refractivity contribution in [1.82, 2.24) is 4.98 Å². The Balaban J connectivity index is 1.69. The first kappa shape index (κ1) is 19.4. The van der Waals surface area contributed by atoms with Gasteiger partial charge in [-0.1, -0.05) is 30.3 Å². The van der Waals surface area contributed by atoms with E-state index in [9.17, 15) is 4.79 Å². The van der Waals surface area contributed by atoms with Crippen LogP contribution in [-0.2, 0) is 6.54 Å². The van der Waals surface area contributed by atoms with Gasteiger partial charge in [0.2, 0.25) is 0 Å². The summed E-state index contributed by atoms with van der Waals surface area (Å²) in [5, 5.41) is 2.83. The van der Waals surface area contributed by atoms with E-state index in [1.807, 2.05) is 30.3 Å². The van der Waals surface area contributed by atoms with Gasteiger partial charge in [-0.2, -0.15) is 0 Å². The maximum Gasteiger partial charge on any atom is 0.256 e. The van der Waals surface area contributed by atoms with Crippen LogP contribution in [0.15, 0.2) is 72.9 Å². The first-order valence-electron chi connectivity index (χ1n) is 9.29. The van der Waals surface area contributed by atoms with Crippen molar-refractivity contribution in [3.05, 3.63) is 84.1 Å². The monoisotopic (exact) mass is 375 g/mol. The van der Waals surface area contributed by atoms with Crippen molar-refractivity contribution >= 4 is 17.4 Å². The number of pyridine rings is 1. The van der Waals surface area contributed by atoms with Crippen LogP contribution in [0.25, 0.3) is 0 Å². The van der Waals surface area contributed by atoms with Crippen molar-refractivity contribution in [1.29, 1.82) is 0 Å². The van der Waals surface area contributed by atoms with E-state index in [1.54, 1.807) is 37.6 Å². The number of carbonyl (C=O) groups is 1. The lowest BCUT2D eigenvalue weighted by Crippen LogP contribution is -2.30. The molecule has 28 heavy (non-hydrogen) atoms. The highest BCUT2D eigenvalue weighted by atomic mass is 16.5. The maximum atomic E-state index is 12.4. The molecule has 5 nitrogen and oxygen atoms in total. The summed E-state index contributed by atoms with van der Waals surface area (Å²) in [4.78, 5) is 19.1. The summed E-state index contributed by atoms with van der Waals surface area (Å²) in [5.41, 5.74) is 2.81. The van der Waals surface area contributed by atoms with Crippen LogP contribution in [0.5, 0.6) is 5.75 Å². The Hall–Kier alpha value is -3.34. The molecule has 0 aliphatic heterocycles. The summed E-state index contributed by atoms with van der Waals surface area (Å²) in [6, 6.07) is 21.5. The standard InChI is InChI=1S/C23H25N3O2/c1-17(2)26(16-18-7-5-4-6-8-18)20-11-14-22(24-15-20)25-23(27)19-9-12-21(28-3)13-10-19/h4-15,17H,16H2,1-3H3,(H,24,25,27). The topological polar surface area (TPSA) is 54.5 Å². The van der Waals surface area contributed by atoms with Crippen LogP contribution in [-0.4, -0.2) is 24.0 Å². The number of hydrogen-bond donors (Lipinski definition) is 1. The van der Waals surface area contributed by atoms with E-state index in [-0.39, 0.29) is 5.91 Å². The number of aromatic nitrogens is 1. The molecule has 144 valence electrons. The van der Waals surface area contributed by atoms with Crippen LogP contribution in [0.3, 0.4) is 0 Å². The molecule has 0 unspecified atom stereocenters. The fourth-order valence-electron chi connectivity index (χ4n) is 2.91. The Morgan fingerprint density at radius 2 is 1.75 bits per heavy atom. The molecule has 5 heteroatoms. The van der Waals surface area contributed by atoms with Gasteiger partial charge >= 0.3 is 0 Å². The normalized spacial score (nSPS) is 10.6. The summed E-state index contributed by atoms with van der Waals surface area (Å²) < 4.78 is 5.12. The smallest absolute Gasteiger partial charge is 0.256 e. The van der Waals surface area contributed by atoms with Gasteiger partial charge in [0.25, 0.3) is 5.91 Å². The molecule has 2 aromatic carbocycles. The van der Waals surface area contributed by atoms with E-state index in [0.29, 0.717) is 23.2 Å². The Morgan fingerprint density at radius 1 is 1.04 bits per heavy atom. The maximum absolute atomic E-state index is 12.4. The Morgan fingerprint density at radius 3 is 2.32 bits per heavy atom. The minimum Gasteiger partial charge on any atom is -0.497 e. The van der Waals surface area contributed by atoms with Crippen LogP contribution in [0, 0.1) is 0 Å². The van der Waals surface area contributed by atoms with E-state index >= 15 is 0 Å². The number of rotatable bonds is 7. The van der Waals surface area contributed by atoms with Gasteiger partial charge in [0.05, 0.1) is 19.0 Å². The van der Waals surface area contributed by atoms with Gasteiger partial charge in [0.15, 0.2) is 0 Å². The first-order valence-corrected chi connectivity index (χ1v) is 9.29. The number of anilines is 2. The lowest BCUT2D eigenvalue weighted by molar-refractivity contribution is 0.102. The molecule has 0 spiro atoms. The van der Waals surface area contributed by atoms with E-state index in [0.717, 1.165) is 12.2 Å². The number of methoxy groups -OCH3 is 1. The van der Waals surface area contributed by atoms with Crippen LogP contribution >= 0.6 is 0 Å². The van der Waals surface area contributed by atoms with Gasteiger partial charge < -0.3 is 15.0 Å². The molecule has 1 N–H and O–H groups in total. The molecule has 0 atom stereocenters. The number of benzene rings is 2. The van der Waals surface area contributed by atoms with E-state index in [4.69, 9.17) is 4.74 Å². The predicted octanol–water partition coefficient (Wildman–Crippen LogP) is 4.76. The molecule has 3 aromatic rings.